The molecule has 6 heteroatoms. The molecule has 0 fully saturated rings. The first-order valence-electron chi connectivity index (χ1n) is 5.39. The number of rotatable bonds is 4. The minimum atomic E-state index is 0.445. The minimum absolute atomic E-state index is 0.445. The molecule has 0 aliphatic carbocycles. The van der Waals surface area contributed by atoms with Gasteiger partial charge in [0.2, 0.25) is 11.8 Å². The summed E-state index contributed by atoms with van der Waals surface area (Å²) in [4.78, 5) is 8.28. The van der Waals surface area contributed by atoms with Crippen LogP contribution in [0.1, 0.15) is 6.92 Å². The molecule has 0 saturated carbocycles. The Hall–Kier alpha value is -1.33. The van der Waals surface area contributed by atoms with Crippen LogP contribution in [0.4, 0.5) is 5.95 Å². The van der Waals surface area contributed by atoms with Crippen LogP contribution in [-0.2, 0) is 0 Å². The highest BCUT2D eigenvalue weighted by atomic mass is 79.9. The van der Waals surface area contributed by atoms with E-state index in [2.05, 4.69) is 31.2 Å². The summed E-state index contributed by atoms with van der Waals surface area (Å²) in [5.41, 5.74) is 0. The van der Waals surface area contributed by atoms with Gasteiger partial charge in [-0.15, -0.1) is 0 Å². The normalized spacial score (nSPS) is 10.2. The zero-order valence-corrected chi connectivity index (χ0v) is 12.0. The van der Waals surface area contributed by atoms with E-state index in [1.54, 1.807) is 24.4 Å². The van der Waals surface area contributed by atoms with E-state index < -0.39 is 0 Å². The first-order chi connectivity index (χ1) is 8.69. The molecular weight excluding hydrogens is 318 g/mol. The Balaban J connectivity index is 2.22. The van der Waals surface area contributed by atoms with Crippen LogP contribution in [0.5, 0.6) is 11.6 Å². The molecule has 2 aromatic rings. The molecule has 18 heavy (non-hydrogen) atoms. The van der Waals surface area contributed by atoms with Crippen LogP contribution in [0.2, 0.25) is 5.02 Å². The molecule has 0 bridgehead atoms. The first-order valence-corrected chi connectivity index (χ1v) is 6.56. The number of anilines is 1. The van der Waals surface area contributed by atoms with E-state index in [0.717, 1.165) is 11.0 Å². The molecule has 0 atom stereocenters. The second-order valence-corrected chi connectivity index (χ2v) is 4.75. The Morgan fingerprint density at radius 1 is 1.39 bits per heavy atom. The summed E-state index contributed by atoms with van der Waals surface area (Å²) in [5.74, 6) is 1.52. The maximum absolute atomic E-state index is 6.04. The zero-order valence-electron chi connectivity index (χ0n) is 9.65. The van der Waals surface area contributed by atoms with E-state index in [1.807, 2.05) is 13.0 Å². The average molecular weight is 329 g/mol. The quantitative estimate of drug-likeness (QED) is 0.917. The fourth-order valence-corrected chi connectivity index (χ4v) is 1.81. The molecule has 4 nitrogen and oxygen atoms in total. The molecule has 0 saturated heterocycles. The van der Waals surface area contributed by atoms with Crippen LogP contribution in [0.25, 0.3) is 0 Å². The van der Waals surface area contributed by atoms with Gasteiger partial charge in [-0.25, -0.2) is 4.98 Å². The van der Waals surface area contributed by atoms with E-state index in [0.29, 0.717) is 22.6 Å². The smallest absolute Gasteiger partial charge is 0.225 e. The van der Waals surface area contributed by atoms with Crippen molar-refractivity contribution in [1.29, 1.82) is 0 Å². The highest BCUT2D eigenvalue weighted by Crippen LogP contribution is 2.31. The SMILES string of the molecule is CCNc1nccc(Oc2cc(Br)ccc2Cl)n1. The van der Waals surface area contributed by atoms with Crippen LogP contribution < -0.4 is 10.1 Å². The topological polar surface area (TPSA) is 47.0 Å². The molecule has 0 radical (unpaired) electrons. The number of hydrogen-bond donors (Lipinski definition) is 1. The van der Waals surface area contributed by atoms with Crippen LogP contribution in [0, 0.1) is 0 Å². The van der Waals surface area contributed by atoms with E-state index in [9.17, 15) is 0 Å². The van der Waals surface area contributed by atoms with Gasteiger partial charge in [0.15, 0.2) is 0 Å². The van der Waals surface area contributed by atoms with Crippen molar-refractivity contribution in [3.8, 4) is 11.6 Å². The molecule has 94 valence electrons. The molecule has 1 aromatic heterocycles. The third-order valence-electron chi connectivity index (χ3n) is 2.07. The molecule has 2 rings (SSSR count). The van der Waals surface area contributed by atoms with Crippen molar-refractivity contribution in [2.45, 2.75) is 6.92 Å². The van der Waals surface area contributed by atoms with Gasteiger partial charge in [-0.3, -0.25) is 0 Å². The Bertz CT molecular complexity index is 551. The van der Waals surface area contributed by atoms with Gasteiger partial charge in [0.05, 0.1) is 5.02 Å². The summed E-state index contributed by atoms with van der Waals surface area (Å²) in [6.45, 7) is 2.73. The number of benzene rings is 1. The van der Waals surface area contributed by atoms with Crippen LogP contribution in [0.15, 0.2) is 34.9 Å². The van der Waals surface area contributed by atoms with Gasteiger partial charge in [-0.2, -0.15) is 4.98 Å². The first kappa shape index (κ1) is 13.1. The van der Waals surface area contributed by atoms with E-state index in [4.69, 9.17) is 16.3 Å². The van der Waals surface area contributed by atoms with Crippen molar-refractivity contribution in [2.24, 2.45) is 0 Å². The fraction of sp³-hybridized carbons (Fsp3) is 0.167. The lowest BCUT2D eigenvalue weighted by Crippen LogP contribution is -2.02. The number of hydrogen-bond acceptors (Lipinski definition) is 4. The second-order valence-electron chi connectivity index (χ2n) is 3.43. The van der Waals surface area contributed by atoms with E-state index in [-0.39, 0.29) is 0 Å². The summed E-state index contributed by atoms with van der Waals surface area (Å²) in [6.07, 6.45) is 1.63. The maximum Gasteiger partial charge on any atom is 0.225 e. The monoisotopic (exact) mass is 327 g/mol. The van der Waals surface area contributed by atoms with Gasteiger partial charge >= 0.3 is 0 Å². The zero-order chi connectivity index (χ0) is 13.0. The molecule has 0 unspecified atom stereocenters. The van der Waals surface area contributed by atoms with E-state index >= 15 is 0 Å². The lowest BCUT2D eigenvalue weighted by Gasteiger charge is -2.08. The molecule has 0 aliphatic rings. The maximum atomic E-state index is 6.04. The van der Waals surface area contributed by atoms with Crippen LogP contribution in [-0.4, -0.2) is 16.5 Å². The largest absolute Gasteiger partial charge is 0.437 e. The van der Waals surface area contributed by atoms with Gasteiger partial charge in [0, 0.05) is 23.3 Å². The number of aromatic nitrogens is 2. The van der Waals surface area contributed by atoms with Crippen molar-refractivity contribution < 1.29 is 4.74 Å². The minimum Gasteiger partial charge on any atom is -0.437 e. The Morgan fingerprint density at radius 2 is 2.22 bits per heavy atom. The lowest BCUT2D eigenvalue weighted by molar-refractivity contribution is 0.462. The molecule has 1 aromatic carbocycles. The number of ether oxygens (including phenoxy) is 1. The van der Waals surface area contributed by atoms with Crippen molar-refractivity contribution in [1.82, 2.24) is 9.97 Å². The summed E-state index contributed by atoms with van der Waals surface area (Å²) < 4.78 is 6.52. The Kier molecular flexibility index (Phi) is 4.38. The fourth-order valence-electron chi connectivity index (χ4n) is 1.31. The summed E-state index contributed by atoms with van der Waals surface area (Å²) in [7, 11) is 0. The molecule has 0 amide bonds. The summed E-state index contributed by atoms with van der Waals surface area (Å²) >= 11 is 9.41. The number of nitrogens with zero attached hydrogens (tertiary/aromatic N) is 2. The molecule has 1 heterocycles. The number of halogens is 2. The van der Waals surface area contributed by atoms with Crippen LogP contribution >= 0.6 is 27.5 Å². The van der Waals surface area contributed by atoms with Gasteiger partial charge in [0.1, 0.15) is 5.75 Å². The standard InChI is InChI=1S/C12H11BrClN3O/c1-2-15-12-16-6-5-11(17-12)18-10-7-8(13)3-4-9(10)14/h3-7H,2H2,1H3,(H,15,16,17). The third-order valence-corrected chi connectivity index (χ3v) is 2.88. The molecular formula is C12H11BrClN3O. The summed E-state index contributed by atoms with van der Waals surface area (Å²) in [6, 6.07) is 7.07. The third kappa shape index (κ3) is 3.34. The Labute approximate surface area is 118 Å². The second kappa shape index (κ2) is 6.02. The van der Waals surface area contributed by atoms with Gasteiger partial charge in [-0.1, -0.05) is 27.5 Å². The Morgan fingerprint density at radius 3 is 3.00 bits per heavy atom. The van der Waals surface area contributed by atoms with Crippen molar-refractivity contribution in [3.63, 3.8) is 0 Å². The predicted octanol–water partition coefficient (Wildman–Crippen LogP) is 4.12. The van der Waals surface area contributed by atoms with Crippen molar-refractivity contribution >= 4 is 33.5 Å². The van der Waals surface area contributed by atoms with Gasteiger partial charge < -0.3 is 10.1 Å². The predicted molar refractivity (Wildman–Crippen MR) is 75.4 cm³/mol. The van der Waals surface area contributed by atoms with Gasteiger partial charge in [0.25, 0.3) is 0 Å². The number of nitrogens with one attached hydrogen (secondary N) is 1. The summed E-state index contributed by atoms with van der Waals surface area (Å²) in [5, 5.41) is 3.54. The van der Waals surface area contributed by atoms with Crippen molar-refractivity contribution in [3.05, 3.63) is 40.0 Å². The highest BCUT2D eigenvalue weighted by molar-refractivity contribution is 9.10. The molecule has 0 aliphatic heterocycles. The lowest BCUT2D eigenvalue weighted by atomic mass is 10.3. The molecule has 1 N–H and O–H groups in total. The van der Waals surface area contributed by atoms with Crippen LogP contribution in [0.3, 0.4) is 0 Å². The molecule has 0 spiro atoms. The van der Waals surface area contributed by atoms with E-state index in [1.165, 1.54) is 0 Å². The van der Waals surface area contributed by atoms with Crippen molar-refractivity contribution in [2.75, 3.05) is 11.9 Å². The average Bonchev–Trinajstić information content (AvgIpc) is 2.35. The van der Waals surface area contributed by atoms with Gasteiger partial charge in [-0.05, 0) is 25.1 Å². The highest BCUT2D eigenvalue weighted by Gasteiger charge is 2.06.